The van der Waals surface area contributed by atoms with Crippen LogP contribution in [0.2, 0.25) is 0 Å². The van der Waals surface area contributed by atoms with Gasteiger partial charge in [0.25, 0.3) is 0 Å². The van der Waals surface area contributed by atoms with Crippen LogP contribution >= 0.6 is 0 Å². The van der Waals surface area contributed by atoms with Gasteiger partial charge in [-0.05, 0) is 31.9 Å². The van der Waals surface area contributed by atoms with Crippen LogP contribution in [-0.4, -0.2) is 0 Å². The second kappa shape index (κ2) is 3.38. The van der Waals surface area contributed by atoms with Gasteiger partial charge < -0.3 is 0 Å². The molecule has 0 saturated heterocycles. The summed E-state index contributed by atoms with van der Waals surface area (Å²) in [5, 5.41) is 0. The molecule has 1 aromatic rings. The molecule has 0 atom stereocenters. The zero-order valence-electron chi connectivity index (χ0n) is 7.39. The summed E-state index contributed by atoms with van der Waals surface area (Å²) in [5.41, 5.74) is 3.97. The highest BCUT2D eigenvalue weighted by molar-refractivity contribution is 5.63. The Morgan fingerprint density at radius 1 is 1.18 bits per heavy atom. The van der Waals surface area contributed by atoms with Crippen LogP contribution < -0.4 is 0 Å². The van der Waals surface area contributed by atoms with Crippen LogP contribution in [0, 0.1) is 6.92 Å². The molecule has 0 N–H and O–H groups in total. The average Bonchev–Trinajstić information content (AvgIpc) is 2.05. The lowest BCUT2D eigenvalue weighted by Crippen LogP contribution is -1.78. The van der Waals surface area contributed by atoms with Crippen LogP contribution in [0.1, 0.15) is 25.0 Å². The Labute approximate surface area is 68.6 Å². The maximum atomic E-state index is 2.16. The summed E-state index contributed by atoms with van der Waals surface area (Å²) in [6.07, 6.45) is 2.13. The predicted molar refractivity (Wildman–Crippen MR) is 50.5 cm³/mol. The third-order valence-electron chi connectivity index (χ3n) is 1.94. The van der Waals surface area contributed by atoms with Gasteiger partial charge in [-0.25, -0.2) is 0 Å². The van der Waals surface area contributed by atoms with Crippen LogP contribution in [0.4, 0.5) is 0 Å². The fourth-order valence-electron chi connectivity index (χ4n) is 0.983. The first-order valence-corrected chi connectivity index (χ1v) is 3.94. The van der Waals surface area contributed by atoms with E-state index >= 15 is 0 Å². The minimum absolute atomic E-state index is 1.32. The van der Waals surface area contributed by atoms with Gasteiger partial charge in [-0.15, -0.1) is 0 Å². The van der Waals surface area contributed by atoms with Crippen molar-refractivity contribution >= 4 is 5.57 Å². The quantitative estimate of drug-likeness (QED) is 0.569. The van der Waals surface area contributed by atoms with Crippen molar-refractivity contribution in [1.29, 1.82) is 0 Å². The number of benzene rings is 1. The lowest BCUT2D eigenvalue weighted by atomic mass is 10.1. The van der Waals surface area contributed by atoms with Gasteiger partial charge >= 0.3 is 0 Å². The normalized spacial score (nSPS) is 11.7. The SMILES string of the molecule is C/C=C(\C)c1ccc(C)cc1. The molecule has 0 radical (unpaired) electrons. The topological polar surface area (TPSA) is 0 Å². The van der Waals surface area contributed by atoms with Gasteiger partial charge in [0.15, 0.2) is 0 Å². The van der Waals surface area contributed by atoms with Gasteiger partial charge in [-0.2, -0.15) is 0 Å². The van der Waals surface area contributed by atoms with Crippen molar-refractivity contribution in [1.82, 2.24) is 0 Å². The van der Waals surface area contributed by atoms with E-state index < -0.39 is 0 Å². The number of rotatable bonds is 1. The fourth-order valence-corrected chi connectivity index (χ4v) is 0.983. The zero-order valence-corrected chi connectivity index (χ0v) is 7.39. The first-order valence-electron chi connectivity index (χ1n) is 3.94. The maximum absolute atomic E-state index is 2.16. The summed E-state index contributed by atoms with van der Waals surface area (Å²) >= 11 is 0. The van der Waals surface area contributed by atoms with Crippen molar-refractivity contribution in [2.45, 2.75) is 20.8 Å². The number of hydrogen-bond donors (Lipinski definition) is 0. The van der Waals surface area contributed by atoms with Gasteiger partial charge in [0.05, 0.1) is 0 Å². The second-order valence-corrected chi connectivity index (χ2v) is 2.84. The van der Waals surface area contributed by atoms with Gasteiger partial charge in [-0.3, -0.25) is 0 Å². The lowest BCUT2D eigenvalue weighted by Gasteiger charge is -1.99. The molecular formula is C11H14. The average molecular weight is 146 g/mol. The molecule has 1 rings (SSSR count). The molecule has 0 heterocycles. The van der Waals surface area contributed by atoms with E-state index in [0.717, 1.165) is 0 Å². The molecule has 0 aromatic heterocycles. The van der Waals surface area contributed by atoms with Gasteiger partial charge in [0.1, 0.15) is 0 Å². The summed E-state index contributed by atoms with van der Waals surface area (Å²) < 4.78 is 0. The van der Waals surface area contributed by atoms with E-state index in [1.807, 2.05) is 0 Å². The van der Waals surface area contributed by atoms with E-state index in [-0.39, 0.29) is 0 Å². The molecule has 0 aliphatic heterocycles. The van der Waals surface area contributed by atoms with Crippen LogP contribution in [0.3, 0.4) is 0 Å². The van der Waals surface area contributed by atoms with E-state index in [1.165, 1.54) is 16.7 Å². The molecule has 1 aromatic carbocycles. The highest BCUT2D eigenvalue weighted by Gasteiger charge is 1.91. The van der Waals surface area contributed by atoms with Crippen molar-refractivity contribution in [2.24, 2.45) is 0 Å². The standard InChI is InChI=1S/C11H14/c1-4-10(3)11-7-5-9(2)6-8-11/h4-8H,1-3H3/b10-4+. The molecule has 0 amide bonds. The molecule has 0 fully saturated rings. The molecule has 11 heavy (non-hydrogen) atoms. The maximum Gasteiger partial charge on any atom is -0.0230 e. The van der Waals surface area contributed by atoms with E-state index in [0.29, 0.717) is 0 Å². The van der Waals surface area contributed by atoms with Crippen molar-refractivity contribution in [3.8, 4) is 0 Å². The summed E-state index contributed by atoms with van der Waals surface area (Å²) in [7, 11) is 0. The number of allylic oxidation sites excluding steroid dienone is 2. The largest absolute Gasteiger partial charge is 0.0841 e. The predicted octanol–water partition coefficient (Wildman–Crippen LogP) is 3.42. The molecule has 0 saturated carbocycles. The number of aryl methyl sites for hydroxylation is 1. The molecule has 0 spiro atoms. The third kappa shape index (κ3) is 1.94. The first-order chi connectivity index (χ1) is 5.24. The molecular weight excluding hydrogens is 132 g/mol. The summed E-state index contributed by atoms with van der Waals surface area (Å²) in [6.45, 7) is 6.30. The van der Waals surface area contributed by atoms with E-state index in [4.69, 9.17) is 0 Å². The Morgan fingerprint density at radius 3 is 2.18 bits per heavy atom. The van der Waals surface area contributed by atoms with Crippen LogP contribution in [0.25, 0.3) is 5.57 Å². The van der Waals surface area contributed by atoms with E-state index in [9.17, 15) is 0 Å². The van der Waals surface area contributed by atoms with Crippen molar-refractivity contribution in [3.05, 3.63) is 41.5 Å². The Hall–Kier alpha value is -1.04. The minimum Gasteiger partial charge on any atom is -0.0841 e. The molecule has 0 nitrogen and oxygen atoms in total. The Bertz CT molecular complexity index is 252. The molecule has 0 bridgehead atoms. The van der Waals surface area contributed by atoms with Crippen LogP contribution in [0.15, 0.2) is 30.3 Å². The van der Waals surface area contributed by atoms with Gasteiger partial charge in [-0.1, -0.05) is 35.9 Å². The number of hydrogen-bond acceptors (Lipinski definition) is 0. The minimum atomic E-state index is 1.32. The molecule has 0 heteroatoms. The van der Waals surface area contributed by atoms with Gasteiger partial charge in [0.2, 0.25) is 0 Å². The monoisotopic (exact) mass is 146 g/mol. The third-order valence-corrected chi connectivity index (χ3v) is 1.94. The molecule has 0 unspecified atom stereocenters. The smallest absolute Gasteiger partial charge is 0.0230 e. The first kappa shape index (κ1) is 8.06. The lowest BCUT2D eigenvalue weighted by molar-refractivity contribution is 1.44. The van der Waals surface area contributed by atoms with Gasteiger partial charge in [0, 0.05) is 0 Å². The highest BCUT2D eigenvalue weighted by Crippen LogP contribution is 2.13. The van der Waals surface area contributed by atoms with Crippen LogP contribution in [0.5, 0.6) is 0 Å². The molecule has 58 valence electrons. The van der Waals surface area contributed by atoms with E-state index in [1.54, 1.807) is 0 Å². The Kier molecular flexibility index (Phi) is 2.48. The zero-order chi connectivity index (χ0) is 8.27. The Balaban J connectivity index is 2.99. The van der Waals surface area contributed by atoms with Crippen molar-refractivity contribution in [2.75, 3.05) is 0 Å². The molecule has 0 aliphatic carbocycles. The summed E-state index contributed by atoms with van der Waals surface area (Å²) in [5.74, 6) is 0. The fraction of sp³-hybridized carbons (Fsp3) is 0.273. The highest BCUT2D eigenvalue weighted by atomic mass is 14.0. The van der Waals surface area contributed by atoms with Crippen LogP contribution in [-0.2, 0) is 0 Å². The summed E-state index contributed by atoms with van der Waals surface area (Å²) in [4.78, 5) is 0. The second-order valence-electron chi connectivity index (χ2n) is 2.84. The van der Waals surface area contributed by atoms with E-state index in [2.05, 4.69) is 51.1 Å². The van der Waals surface area contributed by atoms with Crippen molar-refractivity contribution in [3.63, 3.8) is 0 Å². The summed E-state index contributed by atoms with van der Waals surface area (Å²) in [6, 6.07) is 8.60. The Morgan fingerprint density at radius 2 is 1.73 bits per heavy atom. The van der Waals surface area contributed by atoms with Crippen molar-refractivity contribution < 1.29 is 0 Å². The molecule has 0 aliphatic rings.